The molecule has 140 valence electrons. The van der Waals surface area contributed by atoms with Gasteiger partial charge >= 0.3 is 0 Å². The molecule has 8 nitrogen and oxygen atoms in total. The highest BCUT2D eigenvalue weighted by Gasteiger charge is 2.27. The number of aromatic nitrogens is 3. The SMILES string of the molecule is CN1C=C(c2cnn3c(N)c(-c4ccoc4)c(C4CCCNC4)nc23)CN1. The monoisotopic (exact) mass is 365 g/mol. The second kappa shape index (κ2) is 6.40. The van der Waals surface area contributed by atoms with Crippen LogP contribution >= 0.6 is 0 Å². The van der Waals surface area contributed by atoms with Crippen LogP contribution in [0.25, 0.3) is 22.3 Å². The molecule has 0 aliphatic carbocycles. The number of fused-ring (bicyclic) bond motifs is 1. The zero-order chi connectivity index (χ0) is 18.4. The van der Waals surface area contributed by atoms with Gasteiger partial charge in [0, 0.05) is 48.9 Å². The van der Waals surface area contributed by atoms with Crippen LogP contribution < -0.4 is 16.5 Å². The molecule has 1 saturated heterocycles. The molecule has 1 atom stereocenters. The molecule has 1 unspecified atom stereocenters. The van der Waals surface area contributed by atoms with Gasteiger partial charge in [0.25, 0.3) is 0 Å². The molecule has 0 radical (unpaired) electrons. The third-order valence-electron chi connectivity index (χ3n) is 5.42. The summed E-state index contributed by atoms with van der Waals surface area (Å²) in [4.78, 5) is 5.10. The van der Waals surface area contributed by atoms with Crippen LogP contribution in [0.5, 0.6) is 0 Å². The van der Waals surface area contributed by atoms with Crippen molar-refractivity contribution >= 4 is 17.0 Å². The van der Waals surface area contributed by atoms with E-state index in [2.05, 4.69) is 22.0 Å². The lowest BCUT2D eigenvalue weighted by atomic mass is 9.91. The summed E-state index contributed by atoms with van der Waals surface area (Å²) in [6.45, 7) is 2.71. The molecule has 2 aliphatic rings. The lowest BCUT2D eigenvalue weighted by molar-refractivity contribution is 0.374. The summed E-state index contributed by atoms with van der Waals surface area (Å²) in [7, 11) is 1.98. The molecule has 3 aromatic rings. The molecule has 4 N–H and O–H groups in total. The van der Waals surface area contributed by atoms with E-state index in [-0.39, 0.29) is 0 Å². The highest BCUT2D eigenvalue weighted by atomic mass is 16.3. The van der Waals surface area contributed by atoms with Crippen molar-refractivity contribution in [3.05, 3.63) is 42.2 Å². The van der Waals surface area contributed by atoms with E-state index in [1.165, 1.54) is 0 Å². The Bertz CT molecular complexity index is 999. The standard InChI is InChI=1S/C19H23N7O/c1-25-10-14(8-22-25)15-9-23-26-18(20)16(13-4-6-27-11-13)17(24-19(15)26)12-3-2-5-21-7-12/h4,6,9-12,21-22H,2-3,5,7-8,20H2,1H3. The summed E-state index contributed by atoms with van der Waals surface area (Å²) in [6.07, 6.45) is 9.54. The normalized spacial score (nSPS) is 20.4. The molecular formula is C19H23N7O. The summed E-state index contributed by atoms with van der Waals surface area (Å²) < 4.78 is 7.07. The van der Waals surface area contributed by atoms with Gasteiger partial charge in [-0.25, -0.2) is 10.4 Å². The fraction of sp³-hybridized carbons (Fsp3) is 0.368. The number of hydrazine groups is 1. The first-order valence-electron chi connectivity index (χ1n) is 9.30. The first kappa shape index (κ1) is 16.3. The Hall–Kier alpha value is -2.84. The van der Waals surface area contributed by atoms with Crippen LogP contribution in [0.4, 0.5) is 5.82 Å². The van der Waals surface area contributed by atoms with Gasteiger partial charge in [-0.2, -0.15) is 9.61 Å². The van der Waals surface area contributed by atoms with Crippen LogP contribution in [0.2, 0.25) is 0 Å². The molecule has 5 heterocycles. The van der Waals surface area contributed by atoms with E-state index in [4.69, 9.17) is 15.1 Å². The average molecular weight is 365 g/mol. The maximum absolute atomic E-state index is 6.61. The molecule has 0 aromatic carbocycles. The van der Waals surface area contributed by atoms with E-state index in [0.717, 1.165) is 66.1 Å². The van der Waals surface area contributed by atoms with Gasteiger partial charge in [-0.3, -0.25) is 0 Å². The largest absolute Gasteiger partial charge is 0.472 e. The van der Waals surface area contributed by atoms with E-state index in [0.29, 0.717) is 11.7 Å². The molecule has 0 spiro atoms. The molecule has 2 aliphatic heterocycles. The van der Waals surface area contributed by atoms with Gasteiger partial charge in [0.2, 0.25) is 0 Å². The number of nitrogens with two attached hydrogens (primary N) is 1. The van der Waals surface area contributed by atoms with E-state index >= 15 is 0 Å². The molecular weight excluding hydrogens is 342 g/mol. The van der Waals surface area contributed by atoms with Gasteiger partial charge in [-0.05, 0) is 31.0 Å². The summed E-state index contributed by atoms with van der Waals surface area (Å²) in [6, 6.07) is 1.93. The number of nitrogen functional groups attached to an aromatic ring is 1. The number of hydrogen-bond donors (Lipinski definition) is 3. The smallest absolute Gasteiger partial charge is 0.165 e. The number of nitrogens with one attached hydrogen (secondary N) is 2. The highest BCUT2D eigenvalue weighted by Crippen LogP contribution is 2.37. The summed E-state index contributed by atoms with van der Waals surface area (Å²) in [5.41, 5.74) is 15.8. The molecule has 3 aromatic heterocycles. The fourth-order valence-electron chi connectivity index (χ4n) is 4.04. The zero-order valence-corrected chi connectivity index (χ0v) is 15.3. The number of nitrogens with zero attached hydrogens (tertiary/aromatic N) is 4. The minimum atomic E-state index is 0.317. The van der Waals surface area contributed by atoms with E-state index < -0.39 is 0 Å². The van der Waals surface area contributed by atoms with Crippen molar-refractivity contribution in [3.8, 4) is 11.1 Å². The predicted molar refractivity (Wildman–Crippen MR) is 104 cm³/mol. The van der Waals surface area contributed by atoms with Crippen molar-refractivity contribution in [2.45, 2.75) is 18.8 Å². The van der Waals surface area contributed by atoms with E-state index in [9.17, 15) is 0 Å². The quantitative estimate of drug-likeness (QED) is 0.651. The van der Waals surface area contributed by atoms with Gasteiger partial charge in [-0.1, -0.05) is 0 Å². The number of piperidine rings is 1. The average Bonchev–Trinajstić information content (AvgIpc) is 3.42. The van der Waals surface area contributed by atoms with Crippen LogP contribution in [-0.2, 0) is 0 Å². The Morgan fingerprint density at radius 1 is 1.37 bits per heavy atom. The first-order valence-corrected chi connectivity index (χ1v) is 9.30. The third-order valence-corrected chi connectivity index (χ3v) is 5.42. The van der Waals surface area contributed by atoms with Crippen LogP contribution in [-0.4, -0.2) is 46.3 Å². The van der Waals surface area contributed by atoms with Crippen molar-refractivity contribution in [3.63, 3.8) is 0 Å². The van der Waals surface area contributed by atoms with E-state index in [1.54, 1.807) is 17.0 Å². The highest BCUT2D eigenvalue weighted by molar-refractivity contribution is 5.83. The molecule has 5 rings (SSSR count). The third kappa shape index (κ3) is 2.68. The van der Waals surface area contributed by atoms with Gasteiger partial charge in [0.05, 0.1) is 24.4 Å². The minimum Gasteiger partial charge on any atom is -0.472 e. The Kier molecular flexibility index (Phi) is 3.87. The predicted octanol–water partition coefficient (Wildman–Crippen LogP) is 1.83. The maximum Gasteiger partial charge on any atom is 0.165 e. The van der Waals surface area contributed by atoms with Crippen LogP contribution in [0.3, 0.4) is 0 Å². The van der Waals surface area contributed by atoms with Crippen LogP contribution in [0.15, 0.2) is 35.4 Å². The molecule has 0 amide bonds. The fourth-order valence-corrected chi connectivity index (χ4v) is 4.04. The lowest BCUT2D eigenvalue weighted by Crippen LogP contribution is -2.29. The molecule has 27 heavy (non-hydrogen) atoms. The Morgan fingerprint density at radius 3 is 3.00 bits per heavy atom. The second-order valence-electron chi connectivity index (χ2n) is 7.21. The van der Waals surface area contributed by atoms with E-state index in [1.807, 2.05) is 24.3 Å². The van der Waals surface area contributed by atoms with Crippen molar-refractivity contribution in [2.75, 3.05) is 32.4 Å². The Balaban J connectivity index is 1.73. The second-order valence-corrected chi connectivity index (χ2v) is 7.21. The molecule has 0 bridgehead atoms. The maximum atomic E-state index is 6.61. The first-order chi connectivity index (χ1) is 13.2. The van der Waals surface area contributed by atoms with Gasteiger partial charge in [0.1, 0.15) is 5.82 Å². The minimum absolute atomic E-state index is 0.317. The Morgan fingerprint density at radius 2 is 2.30 bits per heavy atom. The van der Waals surface area contributed by atoms with Gasteiger partial charge in [0.15, 0.2) is 5.65 Å². The summed E-state index contributed by atoms with van der Waals surface area (Å²) in [5, 5.41) is 9.98. The van der Waals surface area contributed by atoms with Crippen molar-refractivity contribution in [1.82, 2.24) is 30.3 Å². The number of anilines is 1. The van der Waals surface area contributed by atoms with Crippen LogP contribution in [0, 0.1) is 0 Å². The number of rotatable bonds is 3. The molecule has 0 saturated carbocycles. The van der Waals surface area contributed by atoms with Crippen molar-refractivity contribution in [2.24, 2.45) is 0 Å². The van der Waals surface area contributed by atoms with Crippen molar-refractivity contribution in [1.29, 1.82) is 0 Å². The number of hydrogen-bond acceptors (Lipinski definition) is 7. The summed E-state index contributed by atoms with van der Waals surface area (Å²) in [5.74, 6) is 0.921. The zero-order valence-electron chi connectivity index (χ0n) is 15.3. The van der Waals surface area contributed by atoms with Gasteiger partial charge < -0.3 is 20.5 Å². The van der Waals surface area contributed by atoms with Crippen LogP contribution in [0.1, 0.15) is 30.0 Å². The van der Waals surface area contributed by atoms with Crippen molar-refractivity contribution < 1.29 is 4.42 Å². The Labute approximate surface area is 157 Å². The lowest BCUT2D eigenvalue weighted by Gasteiger charge is -2.25. The molecule has 8 heteroatoms. The van der Waals surface area contributed by atoms with Gasteiger partial charge in [-0.15, -0.1) is 0 Å². The number of furan rings is 1. The topological polar surface area (TPSA) is 96.7 Å². The molecule has 1 fully saturated rings. The summed E-state index contributed by atoms with van der Waals surface area (Å²) >= 11 is 0.